The Bertz CT molecular complexity index is 222. The predicted molar refractivity (Wildman–Crippen MR) is 75.8 cm³/mol. The Labute approximate surface area is 103 Å². The lowest BCUT2D eigenvalue weighted by atomic mass is 10.2. The van der Waals surface area contributed by atoms with Crippen LogP contribution in [0.3, 0.4) is 0 Å². The fraction of sp³-hybridized carbons (Fsp3) is 0.769. The summed E-state index contributed by atoms with van der Waals surface area (Å²) in [5.74, 6) is 5.29. The van der Waals surface area contributed by atoms with Gasteiger partial charge in [-0.25, -0.2) is 0 Å². The highest BCUT2D eigenvalue weighted by atomic mass is 32.2. The normalized spacial score (nSPS) is 20.3. The van der Waals surface area contributed by atoms with Gasteiger partial charge in [0.2, 0.25) is 0 Å². The molecule has 1 aliphatic heterocycles. The summed E-state index contributed by atoms with van der Waals surface area (Å²) in [6.45, 7) is 5.22. The highest BCUT2D eigenvalue weighted by Crippen LogP contribution is 2.06. The third-order valence-electron chi connectivity index (χ3n) is 2.75. The quantitative estimate of drug-likeness (QED) is 0.387. The maximum Gasteiger partial charge on any atom is 0.0594 e. The first-order chi connectivity index (χ1) is 7.79. The molecule has 0 aromatic rings. The van der Waals surface area contributed by atoms with Crippen molar-refractivity contribution in [1.29, 1.82) is 0 Å². The fourth-order valence-electron chi connectivity index (χ4n) is 1.77. The maximum atomic E-state index is 5.32. The van der Waals surface area contributed by atoms with E-state index in [1.165, 1.54) is 31.6 Å². The molecule has 1 saturated heterocycles. The number of hydrogen-bond acceptors (Lipinski definition) is 2. The summed E-state index contributed by atoms with van der Waals surface area (Å²) in [4.78, 5) is 2.48. The van der Waals surface area contributed by atoms with E-state index in [2.05, 4.69) is 29.2 Å². The summed E-state index contributed by atoms with van der Waals surface area (Å²) < 4.78 is 5.32. The van der Waals surface area contributed by atoms with Crippen LogP contribution in [0, 0.1) is 0 Å². The van der Waals surface area contributed by atoms with E-state index in [9.17, 15) is 0 Å². The van der Waals surface area contributed by atoms with Gasteiger partial charge in [0.1, 0.15) is 0 Å². The van der Waals surface area contributed by atoms with Gasteiger partial charge in [0, 0.05) is 19.6 Å². The first-order valence-corrected chi connectivity index (χ1v) is 8.13. The van der Waals surface area contributed by atoms with Crippen LogP contribution in [0.15, 0.2) is 12.2 Å². The van der Waals surface area contributed by atoms with Crippen molar-refractivity contribution in [3.8, 4) is 0 Å². The van der Waals surface area contributed by atoms with E-state index in [1.807, 2.05) is 0 Å². The van der Waals surface area contributed by atoms with Crippen molar-refractivity contribution >= 4 is 16.4 Å². The number of ether oxygens (including phenoxy) is 1. The van der Waals surface area contributed by atoms with Crippen LogP contribution in [-0.2, 0) is 4.74 Å². The predicted octanol–water partition coefficient (Wildman–Crippen LogP) is 2.38. The molecule has 16 heavy (non-hydrogen) atoms. The van der Waals surface area contributed by atoms with Gasteiger partial charge in [-0.05, 0) is 31.3 Å². The zero-order valence-electron chi connectivity index (χ0n) is 10.5. The molecule has 0 aromatic heterocycles. The largest absolute Gasteiger partial charge is 0.379 e. The van der Waals surface area contributed by atoms with Crippen LogP contribution in [0.1, 0.15) is 19.3 Å². The second kappa shape index (κ2) is 8.97. The third kappa shape index (κ3) is 7.20. The molecule has 0 aromatic carbocycles. The Morgan fingerprint density at radius 1 is 1.25 bits per heavy atom. The Kier molecular flexibility index (Phi) is 7.81. The highest BCUT2D eigenvalue weighted by Gasteiger charge is 2.07. The number of unbranched alkanes of at least 4 members (excludes halogenated alkanes) is 1. The topological polar surface area (TPSA) is 12.5 Å². The molecule has 0 saturated carbocycles. The summed E-state index contributed by atoms with van der Waals surface area (Å²) in [5.41, 5.74) is 0. The molecule has 1 unspecified atom stereocenters. The average molecular weight is 243 g/mol. The molecule has 0 radical (unpaired) electrons. The molecule has 0 spiro atoms. The highest BCUT2D eigenvalue weighted by molar-refractivity contribution is 8.13. The number of hydrogen-bond donors (Lipinski definition) is 0. The minimum absolute atomic E-state index is 0.367. The molecule has 2 nitrogen and oxygen atoms in total. The van der Waals surface area contributed by atoms with E-state index < -0.39 is 0 Å². The van der Waals surface area contributed by atoms with Gasteiger partial charge < -0.3 is 4.74 Å². The first-order valence-electron chi connectivity index (χ1n) is 6.16. The lowest BCUT2D eigenvalue weighted by Crippen LogP contribution is -2.36. The van der Waals surface area contributed by atoms with Crippen molar-refractivity contribution in [2.45, 2.75) is 19.3 Å². The van der Waals surface area contributed by atoms with Gasteiger partial charge in [-0.15, -0.1) is 0 Å². The Balaban J connectivity index is 1.93. The zero-order chi connectivity index (χ0) is 11.6. The van der Waals surface area contributed by atoms with E-state index in [4.69, 9.17) is 4.74 Å². The lowest BCUT2D eigenvalue weighted by molar-refractivity contribution is 0.0387. The zero-order valence-corrected chi connectivity index (χ0v) is 11.3. The van der Waals surface area contributed by atoms with Gasteiger partial charge in [0.25, 0.3) is 0 Å². The number of nitrogens with zero attached hydrogens (tertiary/aromatic N) is 1. The van der Waals surface area contributed by atoms with E-state index in [0.29, 0.717) is 10.5 Å². The standard InChI is InChI=1S/C13H25NOS/c1-16(2)13-7-5-3-4-6-8-14-9-11-15-12-10-14/h3-4H,1,5-13H2,2H3. The number of rotatable bonds is 7. The third-order valence-corrected chi connectivity index (χ3v) is 3.73. The van der Waals surface area contributed by atoms with E-state index in [0.717, 1.165) is 26.3 Å². The van der Waals surface area contributed by atoms with Crippen molar-refractivity contribution in [3.63, 3.8) is 0 Å². The van der Waals surface area contributed by atoms with Gasteiger partial charge in [-0.3, -0.25) is 4.90 Å². The lowest BCUT2D eigenvalue weighted by Gasteiger charge is -2.25. The van der Waals surface area contributed by atoms with Crippen molar-refractivity contribution in [1.82, 2.24) is 4.90 Å². The second-order valence-electron chi connectivity index (χ2n) is 4.34. The van der Waals surface area contributed by atoms with Gasteiger partial charge in [0.15, 0.2) is 0 Å². The van der Waals surface area contributed by atoms with Crippen LogP contribution in [0.25, 0.3) is 0 Å². The van der Waals surface area contributed by atoms with Gasteiger partial charge in [-0.1, -0.05) is 18.0 Å². The van der Waals surface area contributed by atoms with E-state index >= 15 is 0 Å². The molecule has 0 aliphatic carbocycles. The molecular weight excluding hydrogens is 218 g/mol. The molecule has 1 aliphatic rings. The Morgan fingerprint density at radius 2 is 1.94 bits per heavy atom. The van der Waals surface area contributed by atoms with Crippen LogP contribution in [0.2, 0.25) is 0 Å². The first kappa shape index (κ1) is 13.9. The second-order valence-corrected chi connectivity index (χ2v) is 6.31. The molecule has 1 rings (SSSR count). The summed E-state index contributed by atoms with van der Waals surface area (Å²) >= 11 is 0. The summed E-state index contributed by atoms with van der Waals surface area (Å²) in [6, 6.07) is 0. The fourth-order valence-corrected chi connectivity index (χ4v) is 2.42. The molecule has 0 amide bonds. The minimum atomic E-state index is 0.367. The van der Waals surface area contributed by atoms with Crippen LogP contribution >= 0.6 is 10.5 Å². The van der Waals surface area contributed by atoms with Crippen LogP contribution in [-0.4, -0.2) is 55.6 Å². The number of allylic oxidation sites excluding steroid dienone is 1. The average Bonchev–Trinajstić information content (AvgIpc) is 2.29. The van der Waals surface area contributed by atoms with Gasteiger partial charge >= 0.3 is 0 Å². The molecule has 0 bridgehead atoms. The van der Waals surface area contributed by atoms with Gasteiger partial charge in [-0.2, -0.15) is 10.5 Å². The molecule has 1 fully saturated rings. The molecule has 94 valence electrons. The van der Waals surface area contributed by atoms with Crippen LogP contribution in [0.4, 0.5) is 0 Å². The summed E-state index contributed by atoms with van der Waals surface area (Å²) in [6.07, 6.45) is 10.6. The number of morpholine rings is 1. The van der Waals surface area contributed by atoms with Crippen molar-refractivity contribution in [2.24, 2.45) is 0 Å². The summed E-state index contributed by atoms with van der Waals surface area (Å²) in [7, 11) is 0.367. The van der Waals surface area contributed by atoms with Crippen molar-refractivity contribution < 1.29 is 4.74 Å². The Hall–Kier alpha value is -0.120. The maximum absolute atomic E-state index is 5.32. The van der Waals surface area contributed by atoms with Crippen molar-refractivity contribution in [3.05, 3.63) is 12.2 Å². The molecule has 3 heteroatoms. The van der Waals surface area contributed by atoms with E-state index in [1.54, 1.807) is 0 Å². The van der Waals surface area contributed by atoms with Crippen LogP contribution in [0.5, 0.6) is 0 Å². The summed E-state index contributed by atoms with van der Waals surface area (Å²) in [5, 5.41) is 0. The van der Waals surface area contributed by atoms with Gasteiger partial charge in [0.05, 0.1) is 13.2 Å². The smallest absolute Gasteiger partial charge is 0.0594 e. The molecular formula is C13H25NOS. The Morgan fingerprint density at radius 3 is 2.62 bits per heavy atom. The monoisotopic (exact) mass is 243 g/mol. The van der Waals surface area contributed by atoms with E-state index in [-0.39, 0.29) is 0 Å². The SMILES string of the molecule is C=S(C)CCCC=CCCN1CCOCC1. The molecule has 1 atom stereocenters. The molecule has 1 heterocycles. The minimum Gasteiger partial charge on any atom is -0.379 e. The van der Waals surface area contributed by atoms with Crippen molar-refractivity contribution in [2.75, 3.05) is 44.9 Å². The molecule has 0 N–H and O–H groups in total. The van der Waals surface area contributed by atoms with Crippen LogP contribution < -0.4 is 0 Å².